The molecule has 178 valence electrons. The van der Waals surface area contributed by atoms with Crippen LogP contribution in [0.1, 0.15) is 47.0 Å². The zero-order chi connectivity index (χ0) is 24.1. The van der Waals surface area contributed by atoms with Crippen LogP contribution < -0.4 is 5.56 Å². The molecule has 0 N–H and O–H groups in total. The first-order valence-corrected chi connectivity index (χ1v) is 11.5. The molecule has 1 aromatic carbocycles. The Hall–Kier alpha value is -3.09. The van der Waals surface area contributed by atoms with Crippen LogP contribution >= 0.6 is 0 Å². The highest BCUT2D eigenvalue weighted by atomic mass is 16.6. The van der Waals surface area contributed by atoms with E-state index in [2.05, 4.69) is 0 Å². The number of esters is 1. The van der Waals surface area contributed by atoms with E-state index < -0.39 is 11.0 Å². The van der Waals surface area contributed by atoms with E-state index in [1.807, 2.05) is 57.2 Å². The third-order valence-electron chi connectivity index (χ3n) is 6.02. The molecule has 1 fully saturated rings. The van der Waals surface area contributed by atoms with E-state index in [1.165, 1.54) is 0 Å². The van der Waals surface area contributed by atoms with Gasteiger partial charge in [-0.15, -0.1) is 0 Å². The van der Waals surface area contributed by atoms with Crippen LogP contribution in [0.5, 0.6) is 0 Å². The maximum atomic E-state index is 12.9. The average molecular weight is 455 g/mol. The Morgan fingerprint density at radius 2 is 1.70 bits per heavy atom. The first-order chi connectivity index (χ1) is 15.6. The summed E-state index contributed by atoms with van der Waals surface area (Å²) >= 11 is 0. The fraction of sp³-hybridized carbons (Fsp3) is 0.500. The minimum absolute atomic E-state index is 0.110. The summed E-state index contributed by atoms with van der Waals surface area (Å²) in [6.07, 6.45) is 2.83. The van der Waals surface area contributed by atoms with Crippen LogP contribution in [0.3, 0.4) is 0 Å². The first-order valence-electron chi connectivity index (χ1n) is 11.5. The molecular weight excluding hydrogens is 420 g/mol. The van der Waals surface area contributed by atoms with Gasteiger partial charge in [-0.3, -0.25) is 9.59 Å². The average Bonchev–Trinajstić information content (AvgIpc) is 2.78. The molecule has 0 bridgehead atoms. The number of piperidine rings is 1. The largest absolute Gasteiger partial charge is 0.466 e. The number of carbonyl (C=O) groups excluding carboxylic acids is 2. The molecule has 1 saturated heterocycles. The molecule has 0 spiro atoms. The Morgan fingerprint density at radius 1 is 1.03 bits per heavy atom. The van der Waals surface area contributed by atoms with Gasteiger partial charge in [-0.25, -0.2) is 4.79 Å². The first kappa shape index (κ1) is 24.6. The molecular formula is C26H34N2O5. The lowest BCUT2D eigenvalue weighted by Crippen LogP contribution is -2.49. The summed E-state index contributed by atoms with van der Waals surface area (Å²) in [6, 6.07) is 13.3. The molecule has 1 amide bonds. The minimum Gasteiger partial charge on any atom is -0.466 e. The number of aromatic nitrogens is 1. The Balaban J connectivity index is 1.71. The molecule has 1 aliphatic heterocycles. The van der Waals surface area contributed by atoms with Gasteiger partial charge >= 0.3 is 12.1 Å². The number of aryl methyl sites for hydroxylation is 1. The third kappa shape index (κ3) is 6.24. The molecule has 7 heteroatoms. The Kier molecular flexibility index (Phi) is 7.61. The van der Waals surface area contributed by atoms with E-state index >= 15 is 0 Å². The Labute approximate surface area is 195 Å². The quantitative estimate of drug-likeness (QED) is 0.601. The van der Waals surface area contributed by atoms with Crippen LogP contribution in [0.4, 0.5) is 4.79 Å². The summed E-state index contributed by atoms with van der Waals surface area (Å²) in [5.74, 6) is -0.261. The summed E-state index contributed by atoms with van der Waals surface area (Å²) in [5, 5.41) is 0. The van der Waals surface area contributed by atoms with Gasteiger partial charge in [0.25, 0.3) is 5.56 Å². The zero-order valence-corrected chi connectivity index (χ0v) is 20.0. The van der Waals surface area contributed by atoms with Gasteiger partial charge in [-0.2, -0.15) is 0 Å². The second-order valence-electron chi connectivity index (χ2n) is 9.53. The van der Waals surface area contributed by atoms with Crippen molar-refractivity contribution in [2.75, 3.05) is 19.7 Å². The summed E-state index contributed by atoms with van der Waals surface area (Å²) in [7, 11) is 0. The Bertz CT molecular complexity index is 1010. The van der Waals surface area contributed by atoms with Gasteiger partial charge in [-0.1, -0.05) is 30.3 Å². The van der Waals surface area contributed by atoms with Crippen LogP contribution in [-0.4, -0.2) is 46.8 Å². The zero-order valence-electron chi connectivity index (χ0n) is 20.0. The predicted molar refractivity (Wildman–Crippen MR) is 127 cm³/mol. The van der Waals surface area contributed by atoms with Gasteiger partial charge in [0.1, 0.15) is 5.60 Å². The summed E-state index contributed by atoms with van der Waals surface area (Å²) in [4.78, 5) is 39.7. The number of hydrogen-bond acceptors (Lipinski definition) is 5. The van der Waals surface area contributed by atoms with Crippen molar-refractivity contribution < 1.29 is 19.1 Å². The van der Waals surface area contributed by atoms with E-state index in [0.717, 1.165) is 11.1 Å². The highest BCUT2D eigenvalue weighted by Gasteiger charge is 2.43. The number of hydrogen-bond donors (Lipinski definition) is 0. The molecule has 0 atom stereocenters. The summed E-state index contributed by atoms with van der Waals surface area (Å²) in [5.41, 5.74) is 0.440. The van der Waals surface area contributed by atoms with E-state index in [1.54, 1.807) is 28.7 Å². The molecule has 1 aromatic heterocycles. The summed E-state index contributed by atoms with van der Waals surface area (Å²) < 4.78 is 12.5. The number of amides is 1. The van der Waals surface area contributed by atoms with Crippen molar-refractivity contribution in [1.29, 1.82) is 0 Å². The van der Waals surface area contributed by atoms with E-state index in [0.29, 0.717) is 45.5 Å². The number of nitrogens with zero attached hydrogens (tertiary/aromatic N) is 2. The fourth-order valence-corrected chi connectivity index (χ4v) is 4.12. The molecule has 7 nitrogen and oxygen atoms in total. The van der Waals surface area contributed by atoms with Crippen molar-refractivity contribution in [2.45, 2.75) is 59.1 Å². The van der Waals surface area contributed by atoms with Crippen LogP contribution in [-0.2, 0) is 20.8 Å². The smallest absolute Gasteiger partial charge is 0.410 e. The van der Waals surface area contributed by atoms with Gasteiger partial charge < -0.3 is 18.9 Å². The van der Waals surface area contributed by atoms with E-state index in [-0.39, 0.29) is 17.6 Å². The highest BCUT2D eigenvalue weighted by molar-refractivity contribution is 5.77. The number of likely N-dealkylation sites (tertiary alicyclic amines) is 1. The molecule has 0 radical (unpaired) electrons. The van der Waals surface area contributed by atoms with Crippen LogP contribution in [0.15, 0.2) is 53.5 Å². The molecule has 3 rings (SSSR count). The molecule has 33 heavy (non-hydrogen) atoms. The van der Waals surface area contributed by atoms with E-state index in [9.17, 15) is 14.4 Å². The number of benzene rings is 1. The summed E-state index contributed by atoms with van der Waals surface area (Å²) in [6.45, 7) is 8.80. The van der Waals surface area contributed by atoms with E-state index in [4.69, 9.17) is 9.47 Å². The molecule has 2 heterocycles. The molecule has 0 saturated carbocycles. The monoisotopic (exact) mass is 454 g/mol. The maximum Gasteiger partial charge on any atom is 0.410 e. The van der Waals surface area contributed by atoms with Gasteiger partial charge in [0.2, 0.25) is 0 Å². The van der Waals surface area contributed by atoms with Gasteiger partial charge in [0.15, 0.2) is 0 Å². The van der Waals surface area contributed by atoms with Crippen molar-refractivity contribution >= 4 is 12.1 Å². The van der Waals surface area contributed by atoms with Crippen molar-refractivity contribution in [3.8, 4) is 11.1 Å². The SMILES string of the molecule is CCOC(=O)C1(CCn2ccc(-c3ccccc3)cc2=O)CCN(C(=O)OC(C)(C)C)CC1. The van der Waals surface area contributed by atoms with Crippen LogP contribution in [0.25, 0.3) is 11.1 Å². The van der Waals surface area contributed by atoms with Crippen LogP contribution in [0.2, 0.25) is 0 Å². The highest BCUT2D eigenvalue weighted by Crippen LogP contribution is 2.37. The fourth-order valence-electron chi connectivity index (χ4n) is 4.12. The second-order valence-corrected chi connectivity index (χ2v) is 9.53. The van der Waals surface area contributed by atoms with Crippen molar-refractivity contribution in [1.82, 2.24) is 9.47 Å². The van der Waals surface area contributed by atoms with Gasteiger partial charge in [0.05, 0.1) is 12.0 Å². The molecule has 0 unspecified atom stereocenters. The molecule has 0 aliphatic carbocycles. The second kappa shape index (κ2) is 10.2. The van der Waals surface area contributed by atoms with Crippen molar-refractivity contribution in [3.63, 3.8) is 0 Å². The Morgan fingerprint density at radius 3 is 2.27 bits per heavy atom. The standard InChI is InChI=1S/C26H34N2O5/c1-5-32-23(30)26(13-17-28(18-14-26)24(31)33-25(2,3)4)12-16-27-15-11-21(19-22(27)29)20-9-7-6-8-10-20/h6-11,15,19H,5,12-14,16-18H2,1-4H3. The molecule has 1 aliphatic rings. The van der Waals surface area contributed by atoms with Gasteiger partial charge in [0, 0.05) is 31.9 Å². The minimum atomic E-state index is -0.730. The topological polar surface area (TPSA) is 77.8 Å². The number of pyridine rings is 1. The number of carbonyl (C=O) groups is 2. The molecule has 2 aromatic rings. The van der Waals surface area contributed by atoms with Gasteiger partial charge in [-0.05, 0) is 64.2 Å². The van der Waals surface area contributed by atoms with Crippen molar-refractivity contribution in [2.24, 2.45) is 5.41 Å². The number of ether oxygens (including phenoxy) is 2. The lowest BCUT2D eigenvalue weighted by molar-refractivity contribution is -0.159. The number of rotatable bonds is 6. The maximum absolute atomic E-state index is 12.9. The lowest BCUT2D eigenvalue weighted by Gasteiger charge is -2.40. The predicted octanol–water partition coefficient (Wildman–Crippen LogP) is 4.49. The lowest BCUT2D eigenvalue weighted by atomic mass is 9.75. The van der Waals surface area contributed by atoms with Crippen LogP contribution in [0, 0.1) is 5.41 Å². The van der Waals surface area contributed by atoms with Crippen molar-refractivity contribution in [3.05, 3.63) is 59.0 Å². The third-order valence-corrected chi connectivity index (χ3v) is 6.02. The normalized spacial score (nSPS) is 15.7.